The van der Waals surface area contributed by atoms with Crippen molar-refractivity contribution in [3.05, 3.63) is 88.7 Å². The Bertz CT molecular complexity index is 991. The average Bonchev–Trinajstić information content (AvgIpc) is 2.94. The Morgan fingerprint density at radius 2 is 1.64 bits per heavy atom. The normalized spacial score (nSPS) is 11.8. The zero-order valence-electron chi connectivity index (χ0n) is 17.2. The molecule has 0 spiro atoms. The molecule has 4 nitrogen and oxygen atoms in total. The van der Waals surface area contributed by atoms with E-state index in [9.17, 15) is 4.79 Å². The number of hydrogen-bond donors (Lipinski definition) is 1. The van der Waals surface area contributed by atoms with Crippen LogP contribution in [0.4, 0.5) is 5.69 Å². The van der Waals surface area contributed by atoms with Gasteiger partial charge < -0.3 is 0 Å². The Kier molecular flexibility index (Phi) is 5.50. The molecule has 0 radical (unpaired) electrons. The molecule has 0 saturated carbocycles. The molecular formula is C24H27N3O. The van der Waals surface area contributed by atoms with E-state index >= 15 is 0 Å². The fourth-order valence-corrected chi connectivity index (χ4v) is 3.04. The largest absolute Gasteiger partial charge is 0.270 e. The van der Waals surface area contributed by atoms with Gasteiger partial charge in [-0.15, -0.1) is 0 Å². The quantitative estimate of drug-likeness (QED) is 0.600. The molecule has 0 saturated heterocycles. The number of rotatable bonds is 4. The third kappa shape index (κ3) is 4.39. The molecule has 1 heterocycles. The summed E-state index contributed by atoms with van der Waals surface area (Å²) < 4.78 is 1.80. The predicted molar refractivity (Wildman–Crippen MR) is 116 cm³/mol. The molecule has 0 aliphatic heterocycles. The van der Waals surface area contributed by atoms with Gasteiger partial charge in [0.15, 0.2) is 0 Å². The van der Waals surface area contributed by atoms with E-state index in [1.165, 1.54) is 5.56 Å². The highest BCUT2D eigenvalue weighted by Crippen LogP contribution is 2.24. The monoisotopic (exact) mass is 373 g/mol. The van der Waals surface area contributed by atoms with E-state index in [4.69, 9.17) is 0 Å². The number of carbonyl (C=O) groups excluding carboxylic acids is 1. The van der Waals surface area contributed by atoms with Crippen molar-refractivity contribution in [1.82, 2.24) is 4.68 Å². The molecule has 0 aliphatic carbocycles. The van der Waals surface area contributed by atoms with Crippen LogP contribution in [0.2, 0.25) is 0 Å². The summed E-state index contributed by atoms with van der Waals surface area (Å²) in [6, 6.07) is 19.5. The first-order valence-corrected chi connectivity index (χ1v) is 9.45. The highest BCUT2D eigenvalue weighted by atomic mass is 16.2. The van der Waals surface area contributed by atoms with Crippen LogP contribution in [0.1, 0.15) is 53.6 Å². The van der Waals surface area contributed by atoms with Gasteiger partial charge in [0.2, 0.25) is 0 Å². The topological polar surface area (TPSA) is 46.4 Å². The SMILES string of the molecule is Cc1cc(C=Nc2ccc(C(C)(C)C)cc2)c(C)n1NC(=O)c1ccccc1. The Balaban J connectivity index is 1.78. The highest BCUT2D eigenvalue weighted by Gasteiger charge is 2.13. The van der Waals surface area contributed by atoms with Crippen molar-refractivity contribution in [2.45, 2.75) is 40.0 Å². The van der Waals surface area contributed by atoms with Gasteiger partial charge in [-0.05, 0) is 55.2 Å². The van der Waals surface area contributed by atoms with Gasteiger partial charge in [-0.25, -0.2) is 0 Å². The van der Waals surface area contributed by atoms with Crippen LogP contribution in [0.25, 0.3) is 0 Å². The molecule has 0 fully saturated rings. The van der Waals surface area contributed by atoms with Crippen LogP contribution in [-0.4, -0.2) is 16.8 Å². The predicted octanol–water partition coefficient (Wildman–Crippen LogP) is 5.54. The number of aryl methyl sites for hydroxylation is 1. The number of amides is 1. The van der Waals surface area contributed by atoms with Crippen molar-refractivity contribution < 1.29 is 4.79 Å². The molecule has 4 heteroatoms. The second-order valence-corrected chi connectivity index (χ2v) is 8.02. The molecule has 28 heavy (non-hydrogen) atoms. The lowest BCUT2D eigenvalue weighted by atomic mass is 9.87. The number of nitrogens with one attached hydrogen (secondary N) is 1. The molecule has 144 valence electrons. The Labute approximate surface area is 166 Å². The van der Waals surface area contributed by atoms with Gasteiger partial charge in [0.25, 0.3) is 5.91 Å². The van der Waals surface area contributed by atoms with E-state index in [-0.39, 0.29) is 11.3 Å². The van der Waals surface area contributed by atoms with Gasteiger partial charge >= 0.3 is 0 Å². The van der Waals surface area contributed by atoms with Crippen molar-refractivity contribution in [2.24, 2.45) is 4.99 Å². The molecule has 0 bridgehead atoms. The summed E-state index contributed by atoms with van der Waals surface area (Å²) >= 11 is 0. The molecular weight excluding hydrogens is 346 g/mol. The summed E-state index contributed by atoms with van der Waals surface area (Å²) in [6.45, 7) is 10.5. The highest BCUT2D eigenvalue weighted by molar-refractivity contribution is 6.00. The maximum atomic E-state index is 12.5. The Morgan fingerprint density at radius 3 is 2.25 bits per heavy atom. The molecule has 1 aromatic heterocycles. The molecule has 2 aromatic carbocycles. The summed E-state index contributed by atoms with van der Waals surface area (Å²) in [6.07, 6.45) is 1.85. The number of aromatic nitrogens is 1. The smallest absolute Gasteiger partial charge is 0.267 e. The Morgan fingerprint density at radius 1 is 1.00 bits per heavy atom. The van der Waals surface area contributed by atoms with Crippen molar-refractivity contribution in [3.8, 4) is 0 Å². The van der Waals surface area contributed by atoms with Crippen molar-refractivity contribution >= 4 is 17.8 Å². The summed E-state index contributed by atoms with van der Waals surface area (Å²) in [7, 11) is 0. The summed E-state index contributed by atoms with van der Waals surface area (Å²) in [5.41, 5.74) is 8.77. The van der Waals surface area contributed by atoms with Crippen LogP contribution in [-0.2, 0) is 5.41 Å². The lowest BCUT2D eigenvalue weighted by Gasteiger charge is -2.18. The van der Waals surface area contributed by atoms with Crippen molar-refractivity contribution in [1.29, 1.82) is 0 Å². The summed E-state index contributed by atoms with van der Waals surface area (Å²) in [4.78, 5) is 17.1. The average molecular weight is 374 g/mol. The second kappa shape index (κ2) is 7.85. The summed E-state index contributed by atoms with van der Waals surface area (Å²) in [5, 5.41) is 0. The number of carbonyl (C=O) groups is 1. The minimum absolute atomic E-state index is 0.129. The lowest BCUT2D eigenvalue weighted by molar-refractivity contribution is 0.101. The number of benzene rings is 2. The van der Waals surface area contributed by atoms with E-state index in [0.717, 1.165) is 22.6 Å². The number of aliphatic imine (C=N–C) groups is 1. The molecule has 0 atom stereocenters. The van der Waals surface area contributed by atoms with Gasteiger partial charge in [0.1, 0.15) is 0 Å². The third-order valence-corrected chi connectivity index (χ3v) is 4.81. The zero-order valence-corrected chi connectivity index (χ0v) is 17.2. The van der Waals surface area contributed by atoms with Gasteiger partial charge in [-0.3, -0.25) is 19.9 Å². The van der Waals surface area contributed by atoms with Crippen LogP contribution in [0.15, 0.2) is 65.7 Å². The Hall–Kier alpha value is -3.14. The second-order valence-electron chi connectivity index (χ2n) is 8.02. The van der Waals surface area contributed by atoms with E-state index in [1.807, 2.05) is 56.5 Å². The van der Waals surface area contributed by atoms with Crippen LogP contribution < -0.4 is 5.43 Å². The first-order chi connectivity index (χ1) is 13.3. The molecule has 3 rings (SSSR count). The number of hydrogen-bond acceptors (Lipinski definition) is 2. The minimum Gasteiger partial charge on any atom is -0.267 e. The molecule has 3 aromatic rings. The van der Waals surface area contributed by atoms with E-state index in [0.29, 0.717) is 5.56 Å². The zero-order chi connectivity index (χ0) is 20.3. The van der Waals surface area contributed by atoms with Gasteiger partial charge in [0.05, 0.1) is 5.69 Å². The summed E-state index contributed by atoms with van der Waals surface area (Å²) in [5.74, 6) is -0.136. The van der Waals surface area contributed by atoms with Crippen molar-refractivity contribution in [3.63, 3.8) is 0 Å². The number of nitrogens with zero attached hydrogens (tertiary/aromatic N) is 2. The first-order valence-electron chi connectivity index (χ1n) is 9.45. The lowest BCUT2D eigenvalue weighted by Crippen LogP contribution is -2.24. The van der Waals surface area contributed by atoms with Gasteiger partial charge in [0, 0.05) is 28.7 Å². The van der Waals surface area contributed by atoms with Crippen molar-refractivity contribution in [2.75, 3.05) is 5.43 Å². The third-order valence-electron chi connectivity index (χ3n) is 4.81. The molecule has 1 N–H and O–H groups in total. The van der Waals surface area contributed by atoms with Crippen LogP contribution in [0, 0.1) is 13.8 Å². The van der Waals surface area contributed by atoms with Crippen LogP contribution >= 0.6 is 0 Å². The fraction of sp³-hybridized carbons (Fsp3) is 0.250. The molecule has 0 unspecified atom stereocenters. The van der Waals surface area contributed by atoms with E-state index in [1.54, 1.807) is 16.8 Å². The van der Waals surface area contributed by atoms with E-state index in [2.05, 4.69) is 43.3 Å². The fourth-order valence-electron chi connectivity index (χ4n) is 3.04. The van der Waals surface area contributed by atoms with Crippen LogP contribution in [0.5, 0.6) is 0 Å². The first kappa shape index (κ1) is 19.6. The standard InChI is InChI=1S/C24H27N3O/c1-17-15-20(16-25-22-13-11-21(12-14-22)24(3,4)5)18(2)27(17)26-23(28)19-9-7-6-8-10-19/h6-16H,1-5H3,(H,26,28). The van der Waals surface area contributed by atoms with Gasteiger partial charge in [-0.1, -0.05) is 51.1 Å². The minimum atomic E-state index is -0.136. The molecule has 1 amide bonds. The maximum Gasteiger partial charge on any atom is 0.270 e. The maximum absolute atomic E-state index is 12.5. The van der Waals surface area contributed by atoms with Crippen LogP contribution in [0.3, 0.4) is 0 Å². The molecule has 0 aliphatic rings. The van der Waals surface area contributed by atoms with E-state index < -0.39 is 0 Å². The van der Waals surface area contributed by atoms with Gasteiger partial charge in [-0.2, -0.15) is 0 Å².